The SMILES string of the molecule is CCCN(CCCN)C(=O)c1cccc(O)c1. The Morgan fingerprint density at radius 3 is 2.76 bits per heavy atom. The van der Waals surface area contributed by atoms with Crippen LogP contribution in [0.1, 0.15) is 30.1 Å². The van der Waals surface area contributed by atoms with E-state index in [0.29, 0.717) is 25.2 Å². The van der Waals surface area contributed by atoms with Gasteiger partial charge in [0.05, 0.1) is 0 Å². The predicted octanol–water partition coefficient (Wildman–Crippen LogP) is 1.59. The van der Waals surface area contributed by atoms with Crippen molar-refractivity contribution in [2.24, 2.45) is 5.73 Å². The molecule has 0 saturated carbocycles. The molecule has 1 aromatic rings. The fourth-order valence-corrected chi connectivity index (χ4v) is 1.69. The summed E-state index contributed by atoms with van der Waals surface area (Å²) in [6.45, 7) is 3.99. The van der Waals surface area contributed by atoms with E-state index in [2.05, 4.69) is 0 Å². The van der Waals surface area contributed by atoms with Crippen LogP contribution < -0.4 is 5.73 Å². The molecule has 0 atom stereocenters. The Bertz CT molecular complexity index is 366. The fourth-order valence-electron chi connectivity index (χ4n) is 1.69. The van der Waals surface area contributed by atoms with E-state index in [1.54, 1.807) is 23.1 Å². The summed E-state index contributed by atoms with van der Waals surface area (Å²) in [6, 6.07) is 6.44. The first-order valence-electron chi connectivity index (χ1n) is 5.97. The monoisotopic (exact) mass is 236 g/mol. The van der Waals surface area contributed by atoms with Crippen LogP contribution in [0.5, 0.6) is 5.75 Å². The van der Waals surface area contributed by atoms with Crippen LogP contribution in [0.25, 0.3) is 0 Å². The highest BCUT2D eigenvalue weighted by molar-refractivity contribution is 5.94. The lowest BCUT2D eigenvalue weighted by atomic mass is 10.1. The average molecular weight is 236 g/mol. The van der Waals surface area contributed by atoms with Crippen molar-refractivity contribution in [2.45, 2.75) is 19.8 Å². The van der Waals surface area contributed by atoms with Crippen LogP contribution in [-0.4, -0.2) is 35.5 Å². The zero-order valence-electron chi connectivity index (χ0n) is 10.2. The van der Waals surface area contributed by atoms with Crippen molar-refractivity contribution in [1.82, 2.24) is 4.90 Å². The van der Waals surface area contributed by atoms with E-state index in [1.807, 2.05) is 6.92 Å². The summed E-state index contributed by atoms with van der Waals surface area (Å²) in [5, 5.41) is 9.36. The summed E-state index contributed by atoms with van der Waals surface area (Å²) >= 11 is 0. The minimum atomic E-state index is -0.0452. The number of amides is 1. The van der Waals surface area contributed by atoms with Gasteiger partial charge in [0.2, 0.25) is 0 Å². The van der Waals surface area contributed by atoms with E-state index < -0.39 is 0 Å². The number of nitrogens with two attached hydrogens (primary N) is 1. The molecule has 17 heavy (non-hydrogen) atoms. The zero-order chi connectivity index (χ0) is 12.7. The summed E-state index contributed by atoms with van der Waals surface area (Å²) in [5.74, 6) is 0.0716. The molecular weight excluding hydrogens is 216 g/mol. The lowest BCUT2D eigenvalue weighted by Gasteiger charge is -2.22. The van der Waals surface area contributed by atoms with Crippen LogP contribution in [0.15, 0.2) is 24.3 Å². The number of carbonyl (C=O) groups is 1. The molecule has 0 fully saturated rings. The third-order valence-corrected chi connectivity index (χ3v) is 2.51. The van der Waals surface area contributed by atoms with Crippen LogP contribution in [0.3, 0.4) is 0 Å². The molecule has 94 valence electrons. The molecule has 0 spiro atoms. The van der Waals surface area contributed by atoms with E-state index in [9.17, 15) is 9.90 Å². The lowest BCUT2D eigenvalue weighted by molar-refractivity contribution is 0.0754. The first-order chi connectivity index (χ1) is 8.19. The third kappa shape index (κ3) is 4.07. The molecule has 0 saturated heterocycles. The summed E-state index contributed by atoms with van der Waals surface area (Å²) in [7, 11) is 0. The van der Waals surface area contributed by atoms with Gasteiger partial charge in [-0.15, -0.1) is 0 Å². The maximum absolute atomic E-state index is 12.2. The van der Waals surface area contributed by atoms with Gasteiger partial charge in [-0.3, -0.25) is 4.79 Å². The first-order valence-corrected chi connectivity index (χ1v) is 5.97. The number of rotatable bonds is 6. The second-order valence-electron chi connectivity index (χ2n) is 3.98. The molecule has 1 amide bonds. The van der Waals surface area contributed by atoms with Gasteiger partial charge < -0.3 is 15.7 Å². The van der Waals surface area contributed by atoms with Crippen LogP contribution in [0, 0.1) is 0 Å². The van der Waals surface area contributed by atoms with Gasteiger partial charge in [-0.05, 0) is 37.6 Å². The van der Waals surface area contributed by atoms with E-state index in [4.69, 9.17) is 5.73 Å². The molecule has 0 heterocycles. The number of phenolic OH excluding ortho intramolecular Hbond substituents is 1. The summed E-state index contributed by atoms with van der Waals surface area (Å²) in [6.07, 6.45) is 1.71. The third-order valence-electron chi connectivity index (χ3n) is 2.51. The molecule has 0 unspecified atom stereocenters. The lowest BCUT2D eigenvalue weighted by Crippen LogP contribution is -2.33. The van der Waals surface area contributed by atoms with Crippen molar-refractivity contribution in [3.63, 3.8) is 0 Å². The number of benzene rings is 1. The number of hydrogen-bond acceptors (Lipinski definition) is 3. The highest BCUT2D eigenvalue weighted by Crippen LogP contribution is 2.13. The smallest absolute Gasteiger partial charge is 0.253 e. The van der Waals surface area contributed by atoms with E-state index in [-0.39, 0.29) is 11.7 Å². The van der Waals surface area contributed by atoms with E-state index >= 15 is 0 Å². The van der Waals surface area contributed by atoms with Crippen molar-refractivity contribution in [1.29, 1.82) is 0 Å². The summed E-state index contributed by atoms with van der Waals surface area (Å²) in [5.41, 5.74) is 5.98. The standard InChI is InChI=1S/C13H20N2O2/c1-2-8-15(9-4-7-14)13(17)11-5-3-6-12(16)10-11/h3,5-6,10,16H,2,4,7-9,14H2,1H3. The van der Waals surface area contributed by atoms with Gasteiger partial charge in [-0.2, -0.15) is 0 Å². The number of carbonyl (C=O) groups excluding carboxylic acids is 1. The second kappa shape index (κ2) is 6.91. The highest BCUT2D eigenvalue weighted by atomic mass is 16.3. The molecule has 0 aliphatic heterocycles. The Balaban J connectivity index is 2.76. The Morgan fingerprint density at radius 2 is 2.18 bits per heavy atom. The van der Waals surface area contributed by atoms with Crippen molar-refractivity contribution in [3.05, 3.63) is 29.8 Å². The number of hydrogen-bond donors (Lipinski definition) is 2. The number of phenols is 1. The van der Waals surface area contributed by atoms with Crippen LogP contribution >= 0.6 is 0 Å². The van der Waals surface area contributed by atoms with Crippen LogP contribution in [0.4, 0.5) is 0 Å². The topological polar surface area (TPSA) is 66.6 Å². The molecule has 1 rings (SSSR count). The molecule has 3 N–H and O–H groups in total. The van der Waals surface area contributed by atoms with Crippen molar-refractivity contribution >= 4 is 5.91 Å². The molecular formula is C13H20N2O2. The summed E-state index contributed by atoms with van der Waals surface area (Å²) in [4.78, 5) is 13.9. The van der Waals surface area contributed by atoms with Gasteiger partial charge in [-0.25, -0.2) is 0 Å². The van der Waals surface area contributed by atoms with Crippen molar-refractivity contribution in [3.8, 4) is 5.75 Å². The largest absolute Gasteiger partial charge is 0.508 e. The predicted molar refractivity (Wildman–Crippen MR) is 68.0 cm³/mol. The maximum atomic E-state index is 12.2. The van der Waals surface area contributed by atoms with Gasteiger partial charge >= 0.3 is 0 Å². The number of nitrogens with zero attached hydrogens (tertiary/aromatic N) is 1. The second-order valence-corrected chi connectivity index (χ2v) is 3.98. The fraction of sp³-hybridized carbons (Fsp3) is 0.462. The quantitative estimate of drug-likeness (QED) is 0.788. The highest BCUT2D eigenvalue weighted by Gasteiger charge is 2.14. The summed E-state index contributed by atoms with van der Waals surface area (Å²) < 4.78 is 0. The van der Waals surface area contributed by atoms with Gasteiger partial charge in [0, 0.05) is 18.7 Å². The minimum Gasteiger partial charge on any atom is -0.508 e. The molecule has 0 aliphatic rings. The van der Waals surface area contributed by atoms with Crippen molar-refractivity contribution < 1.29 is 9.90 Å². The van der Waals surface area contributed by atoms with Crippen LogP contribution in [-0.2, 0) is 0 Å². The van der Waals surface area contributed by atoms with Gasteiger partial charge in [-0.1, -0.05) is 13.0 Å². The minimum absolute atomic E-state index is 0.0452. The van der Waals surface area contributed by atoms with E-state index in [1.165, 1.54) is 6.07 Å². The van der Waals surface area contributed by atoms with Crippen molar-refractivity contribution in [2.75, 3.05) is 19.6 Å². The Morgan fingerprint density at radius 1 is 1.41 bits per heavy atom. The maximum Gasteiger partial charge on any atom is 0.253 e. The Labute approximate surface area is 102 Å². The molecule has 0 radical (unpaired) electrons. The number of aromatic hydroxyl groups is 1. The molecule has 4 heteroatoms. The van der Waals surface area contributed by atoms with Gasteiger partial charge in [0.1, 0.15) is 5.75 Å². The average Bonchev–Trinajstić information content (AvgIpc) is 2.33. The normalized spacial score (nSPS) is 10.2. The van der Waals surface area contributed by atoms with E-state index in [0.717, 1.165) is 12.8 Å². The Kier molecular flexibility index (Phi) is 5.49. The molecule has 0 aromatic heterocycles. The first kappa shape index (κ1) is 13.5. The molecule has 1 aromatic carbocycles. The molecule has 0 aliphatic carbocycles. The van der Waals surface area contributed by atoms with Crippen LogP contribution in [0.2, 0.25) is 0 Å². The van der Waals surface area contributed by atoms with Gasteiger partial charge in [0.25, 0.3) is 5.91 Å². The Hall–Kier alpha value is -1.55. The van der Waals surface area contributed by atoms with Gasteiger partial charge in [0.15, 0.2) is 0 Å². The molecule has 4 nitrogen and oxygen atoms in total. The molecule has 0 bridgehead atoms. The zero-order valence-corrected chi connectivity index (χ0v) is 10.2.